The SMILES string of the molecule is COc1ccccc1CNC(=O)c1cc(NCCc2cccc(Cl)c2)ccn1. The number of ether oxygens (including phenoxy) is 1. The third-order valence-electron chi connectivity index (χ3n) is 4.26. The number of aromatic nitrogens is 1. The number of halogens is 1. The topological polar surface area (TPSA) is 63.2 Å². The van der Waals surface area contributed by atoms with E-state index in [2.05, 4.69) is 15.6 Å². The second-order valence-corrected chi connectivity index (χ2v) is 6.67. The fourth-order valence-corrected chi connectivity index (χ4v) is 3.04. The van der Waals surface area contributed by atoms with E-state index in [4.69, 9.17) is 16.3 Å². The van der Waals surface area contributed by atoms with E-state index in [1.165, 1.54) is 0 Å². The highest BCUT2D eigenvalue weighted by Gasteiger charge is 2.09. The minimum absolute atomic E-state index is 0.232. The van der Waals surface area contributed by atoms with Crippen molar-refractivity contribution in [3.05, 3.63) is 88.7 Å². The lowest BCUT2D eigenvalue weighted by atomic mass is 10.1. The number of nitrogens with one attached hydrogen (secondary N) is 2. The van der Waals surface area contributed by atoms with Gasteiger partial charge >= 0.3 is 0 Å². The van der Waals surface area contributed by atoms with Gasteiger partial charge in [0.15, 0.2) is 0 Å². The number of anilines is 1. The molecular formula is C22H22ClN3O2. The summed E-state index contributed by atoms with van der Waals surface area (Å²) in [5.74, 6) is 0.511. The molecule has 28 heavy (non-hydrogen) atoms. The van der Waals surface area contributed by atoms with Crippen LogP contribution in [-0.2, 0) is 13.0 Å². The van der Waals surface area contributed by atoms with Gasteiger partial charge in [0.1, 0.15) is 11.4 Å². The molecule has 3 aromatic rings. The number of pyridine rings is 1. The zero-order chi connectivity index (χ0) is 19.8. The highest BCUT2D eigenvalue weighted by Crippen LogP contribution is 2.17. The Morgan fingerprint density at radius 2 is 1.96 bits per heavy atom. The summed E-state index contributed by atoms with van der Waals surface area (Å²) in [5, 5.41) is 6.93. The van der Waals surface area contributed by atoms with Gasteiger partial charge in [-0.15, -0.1) is 0 Å². The Kier molecular flexibility index (Phi) is 6.87. The Balaban J connectivity index is 1.55. The van der Waals surface area contributed by atoms with E-state index in [1.807, 2.05) is 54.6 Å². The van der Waals surface area contributed by atoms with Crippen LogP contribution in [0, 0.1) is 0 Å². The summed E-state index contributed by atoms with van der Waals surface area (Å²) in [6.45, 7) is 1.10. The Bertz CT molecular complexity index is 946. The maximum absolute atomic E-state index is 12.4. The highest BCUT2D eigenvalue weighted by atomic mass is 35.5. The molecule has 5 nitrogen and oxygen atoms in total. The summed E-state index contributed by atoms with van der Waals surface area (Å²) >= 11 is 6.01. The molecule has 6 heteroatoms. The predicted octanol–water partition coefficient (Wildman–Crippen LogP) is 4.33. The van der Waals surface area contributed by atoms with Gasteiger partial charge in [0.05, 0.1) is 7.11 Å². The first kappa shape index (κ1) is 19.7. The molecule has 1 aromatic heterocycles. The average molecular weight is 396 g/mol. The number of carbonyl (C=O) groups excluding carboxylic acids is 1. The molecule has 0 spiro atoms. The van der Waals surface area contributed by atoms with E-state index in [1.54, 1.807) is 19.4 Å². The van der Waals surface area contributed by atoms with E-state index in [-0.39, 0.29) is 5.91 Å². The van der Waals surface area contributed by atoms with Crippen LogP contribution in [0.4, 0.5) is 5.69 Å². The van der Waals surface area contributed by atoms with Gasteiger partial charge in [-0.2, -0.15) is 0 Å². The molecule has 0 fully saturated rings. The number of amides is 1. The van der Waals surface area contributed by atoms with Crippen LogP contribution in [0.25, 0.3) is 0 Å². The van der Waals surface area contributed by atoms with Gasteiger partial charge in [-0.1, -0.05) is 41.9 Å². The summed E-state index contributed by atoms with van der Waals surface area (Å²) in [7, 11) is 1.61. The maximum atomic E-state index is 12.4. The van der Waals surface area contributed by atoms with Crippen LogP contribution in [0.1, 0.15) is 21.6 Å². The third kappa shape index (κ3) is 5.47. The molecule has 0 aliphatic heterocycles. The molecule has 0 atom stereocenters. The van der Waals surface area contributed by atoms with Crippen LogP contribution in [0.2, 0.25) is 5.02 Å². The molecule has 144 valence electrons. The van der Waals surface area contributed by atoms with Gasteiger partial charge in [0.25, 0.3) is 5.91 Å². The van der Waals surface area contributed by atoms with Crippen LogP contribution in [0.5, 0.6) is 5.75 Å². The van der Waals surface area contributed by atoms with Gasteiger partial charge in [-0.25, -0.2) is 0 Å². The number of methoxy groups -OCH3 is 1. The lowest BCUT2D eigenvalue weighted by Gasteiger charge is -2.10. The highest BCUT2D eigenvalue weighted by molar-refractivity contribution is 6.30. The summed E-state index contributed by atoms with van der Waals surface area (Å²) in [4.78, 5) is 16.6. The third-order valence-corrected chi connectivity index (χ3v) is 4.49. The van der Waals surface area contributed by atoms with E-state index in [0.717, 1.165) is 40.6 Å². The van der Waals surface area contributed by atoms with Crippen LogP contribution in [0.15, 0.2) is 66.9 Å². The molecule has 0 bridgehead atoms. The number of rotatable bonds is 8. The van der Waals surface area contributed by atoms with Crippen molar-refractivity contribution >= 4 is 23.2 Å². The number of hydrogen-bond acceptors (Lipinski definition) is 4. The molecule has 3 rings (SSSR count). The molecule has 0 saturated heterocycles. The van der Waals surface area contributed by atoms with Gasteiger partial charge < -0.3 is 15.4 Å². The molecule has 1 heterocycles. The quantitative estimate of drug-likeness (QED) is 0.596. The van der Waals surface area contributed by atoms with Crippen LogP contribution >= 0.6 is 11.6 Å². The Morgan fingerprint density at radius 1 is 1.11 bits per heavy atom. The van der Waals surface area contributed by atoms with Crippen molar-refractivity contribution in [2.24, 2.45) is 0 Å². The molecule has 1 amide bonds. The predicted molar refractivity (Wildman–Crippen MR) is 112 cm³/mol. The number of para-hydroxylation sites is 1. The van der Waals surface area contributed by atoms with Crippen molar-refractivity contribution < 1.29 is 9.53 Å². The summed E-state index contributed by atoms with van der Waals surface area (Å²) in [5.41, 5.74) is 3.28. The second-order valence-electron chi connectivity index (χ2n) is 6.23. The number of nitrogens with zero attached hydrogens (tertiary/aromatic N) is 1. The van der Waals surface area contributed by atoms with Crippen molar-refractivity contribution in [3.8, 4) is 5.75 Å². The first-order valence-corrected chi connectivity index (χ1v) is 9.38. The zero-order valence-corrected chi connectivity index (χ0v) is 16.4. The van der Waals surface area contributed by atoms with Crippen molar-refractivity contribution in [3.63, 3.8) is 0 Å². The normalized spacial score (nSPS) is 10.4. The molecule has 0 aliphatic carbocycles. The smallest absolute Gasteiger partial charge is 0.270 e. The number of carbonyl (C=O) groups is 1. The van der Waals surface area contributed by atoms with Gasteiger partial charge in [0.2, 0.25) is 0 Å². The Hall–Kier alpha value is -3.05. The van der Waals surface area contributed by atoms with E-state index in [9.17, 15) is 4.79 Å². The second kappa shape index (κ2) is 9.76. The Morgan fingerprint density at radius 3 is 2.79 bits per heavy atom. The maximum Gasteiger partial charge on any atom is 0.270 e. The molecule has 0 aliphatic rings. The van der Waals surface area contributed by atoms with Crippen LogP contribution in [-0.4, -0.2) is 24.5 Å². The molecule has 0 saturated carbocycles. The number of hydrogen-bond donors (Lipinski definition) is 2. The standard InChI is InChI=1S/C22H22ClN3O2/c1-28-21-8-3-2-6-17(21)15-26-22(27)20-14-19(10-12-25-20)24-11-9-16-5-4-7-18(23)13-16/h2-8,10,12-14H,9,11,15H2,1H3,(H,24,25)(H,26,27). The minimum Gasteiger partial charge on any atom is -0.496 e. The van der Waals surface area contributed by atoms with Crippen LogP contribution < -0.4 is 15.4 Å². The Labute approximate surface area is 169 Å². The van der Waals surface area contributed by atoms with Gasteiger partial charge in [0, 0.05) is 35.6 Å². The number of benzene rings is 2. The molecule has 0 unspecified atom stereocenters. The molecule has 2 aromatic carbocycles. The lowest BCUT2D eigenvalue weighted by molar-refractivity contribution is 0.0945. The molecular weight excluding hydrogens is 374 g/mol. The lowest BCUT2D eigenvalue weighted by Crippen LogP contribution is -2.24. The van der Waals surface area contributed by atoms with E-state index in [0.29, 0.717) is 12.2 Å². The van der Waals surface area contributed by atoms with Gasteiger partial charge in [-0.05, 0) is 42.3 Å². The van der Waals surface area contributed by atoms with Crippen LogP contribution in [0.3, 0.4) is 0 Å². The summed E-state index contributed by atoms with van der Waals surface area (Å²) in [6.07, 6.45) is 2.46. The van der Waals surface area contributed by atoms with Crippen molar-refractivity contribution in [1.82, 2.24) is 10.3 Å². The van der Waals surface area contributed by atoms with Crippen molar-refractivity contribution in [2.45, 2.75) is 13.0 Å². The average Bonchev–Trinajstić information content (AvgIpc) is 2.72. The van der Waals surface area contributed by atoms with Crippen molar-refractivity contribution in [1.29, 1.82) is 0 Å². The first-order valence-electron chi connectivity index (χ1n) is 9.00. The molecule has 2 N–H and O–H groups in total. The summed E-state index contributed by atoms with van der Waals surface area (Å²) in [6, 6.07) is 19.0. The molecule has 0 radical (unpaired) electrons. The minimum atomic E-state index is -0.232. The van der Waals surface area contributed by atoms with E-state index >= 15 is 0 Å². The fourth-order valence-electron chi connectivity index (χ4n) is 2.82. The van der Waals surface area contributed by atoms with Gasteiger partial charge in [-0.3, -0.25) is 9.78 Å². The van der Waals surface area contributed by atoms with E-state index < -0.39 is 0 Å². The summed E-state index contributed by atoms with van der Waals surface area (Å²) < 4.78 is 5.31. The zero-order valence-electron chi connectivity index (χ0n) is 15.6. The first-order chi connectivity index (χ1) is 13.7. The fraction of sp³-hybridized carbons (Fsp3) is 0.182. The largest absolute Gasteiger partial charge is 0.496 e. The van der Waals surface area contributed by atoms with Crippen molar-refractivity contribution in [2.75, 3.05) is 19.0 Å². The monoisotopic (exact) mass is 395 g/mol.